The lowest BCUT2D eigenvalue weighted by Gasteiger charge is -2.03. The second-order valence-electron chi connectivity index (χ2n) is 1.47. The molecule has 0 unspecified atom stereocenters. The topological polar surface area (TPSA) is 0 Å². The molecule has 0 aliphatic heterocycles. The Kier molecular flexibility index (Phi) is 2.07. The predicted octanol–water partition coefficient (Wildman–Crippen LogP) is 2.51. The largest absolute Gasteiger partial charge is 0.412 e. The quantitative estimate of drug-likeness (QED) is 0.435. The van der Waals surface area contributed by atoms with E-state index >= 15 is 0 Å². The minimum absolute atomic E-state index is 0.544. The van der Waals surface area contributed by atoms with Crippen LogP contribution in [0.5, 0.6) is 0 Å². The molecule has 0 rings (SSSR count). The van der Waals surface area contributed by atoms with E-state index in [4.69, 9.17) is 0 Å². The number of alkyl halides is 3. The van der Waals surface area contributed by atoms with Crippen LogP contribution in [0.25, 0.3) is 0 Å². The fourth-order valence-corrected chi connectivity index (χ4v) is 0.164. The van der Waals surface area contributed by atoms with Crippen LogP contribution in [0.3, 0.4) is 0 Å². The van der Waals surface area contributed by atoms with Gasteiger partial charge < -0.3 is 0 Å². The molecule has 0 nitrogen and oxygen atoms in total. The summed E-state index contributed by atoms with van der Waals surface area (Å²) < 4.78 is 34.1. The minimum atomic E-state index is -4.13. The molecule has 0 aromatic carbocycles. The zero-order valence-corrected chi connectivity index (χ0v) is 4.71. The highest BCUT2D eigenvalue weighted by molar-refractivity contribution is 5.02. The van der Waals surface area contributed by atoms with Crippen molar-refractivity contribution in [1.82, 2.24) is 0 Å². The summed E-state index contributed by atoms with van der Waals surface area (Å²) in [4.78, 5) is 0. The van der Waals surface area contributed by atoms with E-state index in [0.717, 1.165) is 13.0 Å². The molecule has 0 aromatic rings. The minimum Gasteiger partial charge on any atom is -0.167 e. The Morgan fingerprint density at radius 3 is 1.75 bits per heavy atom. The van der Waals surface area contributed by atoms with Crippen LogP contribution < -0.4 is 0 Å². The van der Waals surface area contributed by atoms with Gasteiger partial charge >= 0.3 is 6.18 Å². The molecule has 0 fully saturated rings. The second kappa shape index (κ2) is 2.20. The van der Waals surface area contributed by atoms with Crippen LogP contribution in [0.2, 0.25) is 0 Å². The maximum Gasteiger partial charge on any atom is 0.412 e. The summed E-state index contributed by atoms with van der Waals surface area (Å²) in [7, 11) is 0. The van der Waals surface area contributed by atoms with Crippen molar-refractivity contribution in [3.63, 3.8) is 0 Å². The second-order valence-corrected chi connectivity index (χ2v) is 1.47. The van der Waals surface area contributed by atoms with Crippen LogP contribution in [-0.2, 0) is 0 Å². The van der Waals surface area contributed by atoms with Gasteiger partial charge in [0.1, 0.15) is 0 Å². The predicted molar refractivity (Wildman–Crippen MR) is 25.5 cm³/mol. The Morgan fingerprint density at radius 2 is 1.75 bits per heavy atom. The summed E-state index contributed by atoms with van der Waals surface area (Å²) in [5.74, 6) is 0. The Morgan fingerprint density at radius 1 is 1.38 bits per heavy atom. The number of rotatable bonds is 0. The van der Waals surface area contributed by atoms with Gasteiger partial charge in [-0.2, -0.15) is 13.2 Å². The number of hydrogen-bond donors (Lipinski definition) is 0. The monoisotopic (exact) mass is 124 g/mol. The molecule has 0 aliphatic carbocycles. The van der Waals surface area contributed by atoms with Gasteiger partial charge in [-0.05, 0) is 13.8 Å². The fraction of sp³-hybridized carbons (Fsp3) is 0.600. The zero-order chi connectivity index (χ0) is 6.78. The van der Waals surface area contributed by atoms with Gasteiger partial charge in [-0.15, -0.1) is 0 Å². The third-order valence-corrected chi connectivity index (χ3v) is 0.880. The van der Waals surface area contributed by atoms with Gasteiger partial charge in [0.25, 0.3) is 0 Å². The Balaban J connectivity index is 4.03. The third kappa shape index (κ3) is 2.00. The lowest BCUT2D eigenvalue weighted by atomic mass is 10.3. The first-order valence-corrected chi connectivity index (χ1v) is 2.18. The first kappa shape index (κ1) is 7.53. The van der Waals surface area contributed by atoms with Crippen molar-refractivity contribution in [2.75, 3.05) is 0 Å². The van der Waals surface area contributed by atoms with Crippen LogP contribution in [-0.4, -0.2) is 6.18 Å². The molecule has 0 atom stereocenters. The van der Waals surface area contributed by atoms with Crippen LogP contribution in [0.15, 0.2) is 11.6 Å². The highest BCUT2D eigenvalue weighted by Crippen LogP contribution is 2.23. The molecule has 0 amide bonds. The molecule has 0 heterocycles. The maximum absolute atomic E-state index is 11.4. The SMILES string of the molecule is C/C=C(/C)C(F)(F)F. The van der Waals surface area contributed by atoms with Crippen LogP contribution >= 0.6 is 0 Å². The molecule has 0 aromatic heterocycles. The number of halogens is 3. The summed E-state index contributed by atoms with van der Waals surface area (Å²) in [5, 5.41) is 0. The molecule has 0 aliphatic rings. The molecule has 48 valence electrons. The molecule has 0 radical (unpaired) electrons. The maximum atomic E-state index is 11.4. The first-order chi connectivity index (χ1) is 3.48. The van der Waals surface area contributed by atoms with Crippen molar-refractivity contribution in [3.8, 4) is 0 Å². The lowest BCUT2D eigenvalue weighted by molar-refractivity contribution is -0.0914. The summed E-state index contributed by atoms with van der Waals surface area (Å²) in [6.45, 7) is 2.41. The van der Waals surface area contributed by atoms with Crippen molar-refractivity contribution in [2.45, 2.75) is 20.0 Å². The normalized spacial score (nSPS) is 14.4. The van der Waals surface area contributed by atoms with E-state index in [1.165, 1.54) is 6.92 Å². The van der Waals surface area contributed by atoms with E-state index in [9.17, 15) is 13.2 Å². The van der Waals surface area contributed by atoms with E-state index in [1.54, 1.807) is 0 Å². The smallest absolute Gasteiger partial charge is 0.167 e. The molecule has 0 saturated carbocycles. The molecule has 0 N–H and O–H groups in total. The summed E-state index contributed by atoms with van der Waals surface area (Å²) in [6.07, 6.45) is -3.09. The van der Waals surface area contributed by atoms with Gasteiger partial charge in [0.15, 0.2) is 0 Å². The fourth-order valence-electron chi connectivity index (χ4n) is 0.164. The zero-order valence-electron chi connectivity index (χ0n) is 4.71. The van der Waals surface area contributed by atoms with E-state index < -0.39 is 11.7 Å². The van der Waals surface area contributed by atoms with Gasteiger partial charge in [-0.3, -0.25) is 0 Å². The molecule has 0 saturated heterocycles. The summed E-state index contributed by atoms with van der Waals surface area (Å²) >= 11 is 0. The van der Waals surface area contributed by atoms with Crippen molar-refractivity contribution in [3.05, 3.63) is 11.6 Å². The summed E-state index contributed by atoms with van der Waals surface area (Å²) in [5.41, 5.74) is -0.544. The first-order valence-electron chi connectivity index (χ1n) is 2.18. The molecule has 3 heteroatoms. The molecule has 8 heavy (non-hydrogen) atoms. The van der Waals surface area contributed by atoms with Crippen molar-refractivity contribution in [1.29, 1.82) is 0 Å². The van der Waals surface area contributed by atoms with Crippen molar-refractivity contribution < 1.29 is 13.2 Å². The number of hydrogen-bond acceptors (Lipinski definition) is 0. The Bertz CT molecular complexity index is 98.7. The van der Waals surface area contributed by atoms with Gasteiger partial charge in [-0.25, -0.2) is 0 Å². The van der Waals surface area contributed by atoms with Gasteiger partial charge in [-0.1, -0.05) is 6.08 Å². The van der Waals surface area contributed by atoms with Gasteiger partial charge in [0.2, 0.25) is 0 Å². The Hall–Kier alpha value is -0.470. The molecular formula is C5H7F3. The third-order valence-electron chi connectivity index (χ3n) is 0.880. The van der Waals surface area contributed by atoms with Crippen LogP contribution in [0.1, 0.15) is 13.8 Å². The molecule has 0 spiro atoms. The van der Waals surface area contributed by atoms with Gasteiger partial charge in [0, 0.05) is 5.57 Å². The highest BCUT2D eigenvalue weighted by Gasteiger charge is 2.28. The average molecular weight is 124 g/mol. The lowest BCUT2D eigenvalue weighted by Crippen LogP contribution is -2.07. The molecule has 0 bridgehead atoms. The standard InChI is InChI=1S/C5H7F3/c1-3-4(2)5(6,7)8/h3H,1-2H3/b4-3-. The molecular weight excluding hydrogens is 117 g/mol. The van der Waals surface area contributed by atoms with Crippen LogP contribution in [0, 0.1) is 0 Å². The van der Waals surface area contributed by atoms with E-state index in [2.05, 4.69) is 0 Å². The Labute approximate surface area is 46.0 Å². The highest BCUT2D eigenvalue weighted by atomic mass is 19.4. The van der Waals surface area contributed by atoms with E-state index in [1.807, 2.05) is 0 Å². The van der Waals surface area contributed by atoms with Gasteiger partial charge in [0.05, 0.1) is 0 Å². The average Bonchev–Trinajstić information content (AvgIpc) is 1.62. The number of allylic oxidation sites excluding steroid dienone is 2. The van der Waals surface area contributed by atoms with E-state index in [-0.39, 0.29) is 0 Å². The van der Waals surface area contributed by atoms with Crippen molar-refractivity contribution >= 4 is 0 Å². The van der Waals surface area contributed by atoms with E-state index in [0.29, 0.717) is 0 Å². The van der Waals surface area contributed by atoms with Crippen LogP contribution in [0.4, 0.5) is 13.2 Å². The summed E-state index contributed by atoms with van der Waals surface area (Å²) in [6, 6.07) is 0. The van der Waals surface area contributed by atoms with Crippen molar-refractivity contribution in [2.24, 2.45) is 0 Å².